The highest BCUT2D eigenvalue weighted by Crippen LogP contribution is 2.24. The van der Waals surface area contributed by atoms with Crippen molar-refractivity contribution in [3.63, 3.8) is 0 Å². The van der Waals surface area contributed by atoms with Crippen molar-refractivity contribution in [3.8, 4) is 0 Å². The maximum Gasteiger partial charge on any atom is 0.0410 e. The van der Waals surface area contributed by atoms with Crippen LogP contribution >= 0.6 is 27.3 Å². The van der Waals surface area contributed by atoms with Gasteiger partial charge in [0.1, 0.15) is 0 Å². The summed E-state index contributed by atoms with van der Waals surface area (Å²) in [6.07, 6.45) is 0.966. The fourth-order valence-electron chi connectivity index (χ4n) is 2.16. The summed E-state index contributed by atoms with van der Waals surface area (Å²) >= 11 is 5.26. The lowest BCUT2D eigenvalue weighted by atomic mass is 10.0. The minimum atomic E-state index is 0.0982. The Labute approximate surface area is 133 Å². The van der Waals surface area contributed by atoms with Gasteiger partial charge in [-0.05, 0) is 49.5 Å². The summed E-state index contributed by atoms with van der Waals surface area (Å²) in [5, 5.41) is 2.13. The molecule has 0 radical (unpaired) electrons. The molecule has 0 saturated carbocycles. The molecule has 1 heterocycles. The standard InChI is InChI=1S/C16H21BrN2S/c1-12(16-4-3-11-20-16)19(2)10-9-15(18)13-5-7-14(17)8-6-13/h3-8,11-12,15H,9-10,18H2,1-2H3. The average Bonchev–Trinajstić information content (AvgIpc) is 2.98. The van der Waals surface area contributed by atoms with Crippen LogP contribution in [0.2, 0.25) is 0 Å². The summed E-state index contributed by atoms with van der Waals surface area (Å²) in [6.45, 7) is 3.24. The number of halogens is 1. The van der Waals surface area contributed by atoms with Gasteiger partial charge in [-0.3, -0.25) is 4.90 Å². The Morgan fingerprint density at radius 1 is 1.25 bits per heavy atom. The third kappa shape index (κ3) is 4.16. The molecule has 0 aliphatic carbocycles. The zero-order valence-electron chi connectivity index (χ0n) is 11.9. The zero-order chi connectivity index (χ0) is 14.5. The van der Waals surface area contributed by atoms with Gasteiger partial charge >= 0.3 is 0 Å². The lowest BCUT2D eigenvalue weighted by molar-refractivity contribution is 0.254. The molecule has 0 fully saturated rings. The second kappa shape index (κ2) is 7.36. The third-order valence-corrected chi connectivity index (χ3v) is 5.28. The van der Waals surface area contributed by atoms with Crippen molar-refractivity contribution in [3.05, 3.63) is 56.7 Å². The van der Waals surface area contributed by atoms with Gasteiger partial charge in [0.2, 0.25) is 0 Å². The normalized spacial score (nSPS) is 14.4. The van der Waals surface area contributed by atoms with Crippen LogP contribution in [0.5, 0.6) is 0 Å². The van der Waals surface area contributed by atoms with Crippen molar-refractivity contribution in [1.29, 1.82) is 0 Å². The van der Waals surface area contributed by atoms with Crippen LogP contribution in [0.3, 0.4) is 0 Å². The SMILES string of the molecule is CC(c1cccs1)N(C)CCC(N)c1ccc(Br)cc1. The Bertz CT molecular complexity index is 510. The van der Waals surface area contributed by atoms with Crippen LogP contribution in [0.25, 0.3) is 0 Å². The molecule has 0 spiro atoms. The molecule has 2 unspecified atom stereocenters. The third-order valence-electron chi connectivity index (χ3n) is 3.71. The van der Waals surface area contributed by atoms with Crippen molar-refractivity contribution in [1.82, 2.24) is 4.90 Å². The van der Waals surface area contributed by atoms with E-state index in [1.54, 1.807) is 0 Å². The van der Waals surface area contributed by atoms with E-state index in [-0.39, 0.29) is 6.04 Å². The van der Waals surface area contributed by atoms with Crippen molar-refractivity contribution in [2.75, 3.05) is 13.6 Å². The molecule has 0 saturated heterocycles. The van der Waals surface area contributed by atoms with Crippen LogP contribution < -0.4 is 5.73 Å². The Hall–Kier alpha value is -0.680. The maximum absolute atomic E-state index is 6.27. The van der Waals surface area contributed by atoms with Crippen molar-refractivity contribution < 1.29 is 0 Å². The predicted octanol–water partition coefficient (Wildman–Crippen LogP) is 4.59. The molecule has 108 valence electrons. The highest BCUT2D eigenvalue weighted by molar-refractivity contribution is 9.10. The number of thiophene rings is 1. The van der Waals surface area contributed by atoms with Crippen LogP contribution in [-0.4, -0.2) is 18.5 Å². The predicted molar refractivity (Wildman–Crippen MR) is 91.1 cm³/mol. The molecule has 0 aliphatic rings. The number of nitrogens with two attached hydrogens (primary N) is 1. The van der Waals surface area contributed by atoms with Crippen LogP contribution in [0.1, 0.15) is 35.9 Å². The van der Waals surface area contributed by atoms with E-state index in [0.29, 0.717) is 6.04 Å². The molecule has 2 atom stereocenters. The van der Waals surface area contributed by atoms with Gasteiger partial charge in [0.05, 0.1) is 0 Å². The molecule has 4 heteroatoms. The molecular formula is C16H21BrN2S. The summed E-state index contributed by atoms with van der Waals surface area (Å²) in [6, 6.07) is 13.1. The highest BCUT2D eigenvalue weighted by Gasteiger charge is 2.14. The maximum atomic E-state index is 6.27. The van der Waals surface area contributed by atoms with E-state index in [1.807, 2.05) is 23.5 Å². The molecule has 20 heavy (non-hydrogen) atoms. The highest BCUT2D eigenvalue weighted by atomic mass is 79.9. The van der Waals surface area contributed by atoms with Gasteiger partial charge in [0.25, 0.3) is 0 Å². The molecule has 2 rings (SSSR count). The van der Waals surface area contributed by atoms with Gasteiger partial charge in [-0.1, -0.05) is 34.1 Å². The summed E-state index contributed by atoms with van der Waals surface area (Å²) in [5.74, 6) is 0. The zero-order valence-corrected chi connectivity index (χ0v) is 14.3. The fraction of sp³-hybridized carbons (Fsp3) is 0.375. The summed E-state index contributed by atoms with van der Waals surface area (Å²) < 4.78 is 1.09. The van der Waals surface area contributed by atoms with Crippen molar-refractivity contribution in [2.45, 2.75) is 25.4 Å². The van der Waals surface area contributed by atoms with Crippen LogP contribution in [0.15, 0.2) is 46.3 Å². The number of hydrogen-bond donors (Lipinski definition) is 1. The molecule has 0 bridgehead atoms. The Kier molecular flexibility index (Phi) is 5.78. The van der Waals surface area contributed by atoms with Crippen LogP contribution in [0, 0.1) is 0 Å². The molecule has 1 aromatic heterocycles. The van der Waals surface area contributed by atoms with Gasteiger partial charge in [0.15, 0.2) is 0 Å². The Balaban J connectivity index is 1.86. The Morgan fingerprint density at radius 3 is 2.55 bits per heavy atom. The monoisotopic (exact) mass is 352 g/mol. The number of nitrogens with zero attached hydrogens (tertiary/aromatic N) is 1. The summed E-state index contributed by atoms with van der Waals surface area (Å²) in [5.41, 5.74) is 7.47. The summed E-state index contributed by atoms with van der Waals surface area (Å²) in [7, 11) is 2.17. The fourth-order valence-corrected chi connectivity index (χ4v) is 3.27. The lowest BCUT2D eigenvalue weighted by Gasteiger charge is -2.25. The molecular weight excluding hydrogens is 332 g/mol. The van der Waals surface area contributed by atoms with Crippen molar-refractivity contribution in [2.24, 2.45) is 5.73 Å². The molecule has 2 N–H and O–H groups in total. The molecule has 0 aliphatic heterocycles. The smallest absolute Gasteiger partial charge is 0.0410 e. The first-order chi connectivity index (χ1) is 9.58. The van der Waals surface area contributed by atoms with Gasteiger partial charge < -0.3 is 5.73 Å². The van der Waals surface area contributed by atoms with E-state index >= 15 is 0 Å². The Morgan fingerprint density at radius 2 is 1.95 bits per heavy atom. The van der Waals surface area contributed by atoms with Gasteiger partial charge in [0, 0.05) is 28.0 Å². The lowest BCUT2D eigenvalue weighted by Crippen LogP contribution is -2.26. The first kappa shape index (κ1) is 15.7. The largest absolute Gasteiger partial charge is 0.324 e. The van der Waals surface area contributed by atoms with E-state index in [4.69, 9.17) is 5.73 Å². The van der Waals surface area contributed by atoms with Crippen LogP contribution in [0.4, 0.5) is 0 Å². The first-order valence-electron chi connectivity index (χ1n) is 6.82. The molecule has 1 aromatic carbocycles. The second-order valence-electron chi connectivity index (χ2n) is 5.12. The molecule has 2 aromatic rings. The quantitative estimate of drug-likeness (QED) is 0.823. The first-order valence-corrected chi connectivity index (χ1v) is 8.50. The van der Waals surface area contributed by atoms with Gasteiger partial charge in [-0.25, -0.2) is 0 Å². The van der Waals surface area contributed by atoms with Crippen LogP contribution in [-0.2, 0) is 0 Å². The average molecular weight is 353 g/mol. The van der Waals surface area contributed by atoms with Crippen molar-refractivity contribution >= 4 is 27.3 Å². The van der Waals surface area contributed by atoms with E-state index < -0.39 is 0 Å². The second-order valence-corrected chi connectivity index (χ2v) is 7.01. The minimum Gasteiger partial charge on any atom is -0.324 e. The van der Waals surface area contributed by atoms with E-state index in [2.05, 4.69) is 64.4 Å². The minimum absolute atomic E-state index is 0.0982. The topological polar surface area (TPSA) is 29.3 Å². The van der Waals surface area contributed by atoms with E-state index in [9.17, 15) is 0 Å². The van der Waals surface area contributed by atoms with E-state index in [1.165, 1.54) is 10.4 Å². The van der Waals surface area contributed by atoms with E-state index in [0.717, 1.165) is 17.4 Å². The number of rotatable bonds is 6. The molecule has 2 nitrogen and oxygen atoms in total. The van der Waals surface area contributed by atoms with Gasteiger partial charge in [-0.15, -0.1) is 11.3 Å². The number of benzene rings is 1. The molecule has 0 amide bonds. The number of hydrogen-bond acceptors (Lipinski definition) is 3. The summed E-state index contributed by atoms with van der Waals surface area (Å²) in [4.78, 5) is 3.77. The van der Waals surface area contributed by atoms with Gasteiger partial charge in [-0.2, -0.15) is 0 Å².